The number of nitrogens with one attached hydrogen (secondary N) is 1. The molecular formula is C12H16N2OS. The van der Waals surface area contributed by atoms with Crippen molar-refractivity contribution in [1.82, 2.24) is 10.3 Å². The third-order valence-corrected chi connectivity index (χ3v) is 3.54. The van der Waals surface area contributed by atoms with E-state index in [4.69, 9.17) is 4.42 Å². The molecule has 2 rings (SSSR count). The van der Waals surface area contributed by atoms with Gasteiger partial charge in [0.15, 0.2) is 0 Å². The lowest BCUT2D eigenvalue weighted by molar-refractivity contribution is 0.484. The van der Waals surface area contributed by atoms with Crippen LogP contribution in [0.1, 0.15) is 21.3 Å². The first-order chi connectivity index (χ1) is 7.75. The van der Waals surface area contributed by atoms with E-state index in [1.807, 2.05) is 12.1 Å². The number of aryl methyl sites for hydroxylation is 2. The van der Waals surface area contributed by atoms with Crippen molar-refractivity contribution in [2.24, 2.45) is 0 Å². The van der Waals surface area contributed by atoms with E-state index >= 15 is 0 Å². The number of nitrogens with zero attached hydrogens (tertiary/aromatic N) is 1. The van der Waals surface area contributed by atoms with Gasteiger partial charge in [0.1, 0.15) is 5.76 Å². The zero-order valence-corrected chi connectivity index (χ0v) is 10.4. The van der Waals surface area contributed by atoms with Crippen molar-refractivity contribution in [2.75, 3.05) is 6.54 Å². The molecule has 4 heteroatoms. The summed E-state index contributed by atoms with van der Waals surface area (Å²) in [4.78, 5) is 5.79. The molecule has 0 spiro atoms. The molecule has 0 fully saturated rings. The molecule has 0 aliphatic rings. The zero-order chi connectivity index (χ0) is 11.4. The highest BCUT2D eigenvalue weighted by Crippen LogP contribution is 2.17. The minimum atomic E-state index is 0.795. The van der Waals surface area contributed by atoms with Gasteiger partial charge in [0.05, 0.1) is 23.5 Å². The van der Waals surface area contributed by atoms with E-state index in [0.717, 1.165) is 30.3 Å². The Morgan fingerprint density at radius 2 is 2.31 bits per heavy atom. The normalized spacial score (nSPS) is 10.9. The van der Waals surface area contributed by atoms with Gasteiger partial charge in [-0.2, -0.15) is 0 Å². The van der Waals surface area contributed by atoms with Crippen molar-refractivity contribution in [3.63, 3.8) is 0 Å². The smallest absolute Gasteiger partial charge is 0.117 e. The van der Waals surface area contributed by atoms with Gasteiger partial charge in [0.2, 0.25) is 0 Å². The van der Waals surface area contributed by atoms with Crippen LogP contribution in [0.2, 0.25) is 0 Å². The number of furan rings is 1. The summed E-state index contributed by atoms with van der Waals surface area (Å²) in [6, 6.07) is 3.89. The molecule has 0 amide bonds. The van der Waals surface area contributed by atoms with Gasteiger partial charge in [0, 0.05) is 11.4 Å². The first-order valence-corrected chi connectivity index (χ1v) is 6.23. The number of aromatic nitrogens is 1. The Kier molecular flexibility index (Phi) is 3.74. The molecule has 0 aliphatic carbocycles. The second-order valence-corrected chi connectivity index (χ2v) is 5.04. The largest absolute Gasteiger partial charge is 0.468 e. The predicted octanol–water partition coefficient (Wildman–Crippen LogP) is 2.69. The van der Waals surface area contributed by atoms with Crippen molar-refractivity contribution in [3.8, 4) is 0 Å². The molecule has 86 valence electrons. The average molecular weight is 236 g/mol. The summed E-state index contributed by atoms with van der Waals surface area (Å²) in [6.07, 6.45) is 2.74. The average Bonchev–Trinajstić information content (AvgIpc) is 2.84. The third kappa shape index (κ3) is 2.93. The highest BCUT2D eigenvalue weighted by molar-refractivity contribution is 7.11. The highest BCUT2D eigenvalue weighted by atomic mass is 32.1. The van der Waals surface area contributed by atoms with Gasteiger partial charge in [-0.05, 0) is 32.4 Å². The van der Waals surface area contributed by atoms with Crippen molar-refractivity contribution in [2.45, 2.75) is 26.8 Å². The van der Waals surface area contributed by atoms with Gasteiger partial charge in [-0.3, -0.25) is 0 Å². The van der Waals surface area contributed by atoms with Crippen molar-refractivity contribution < 1.29 is 4.42 Å². The monoisotopic (exact) mass is 236 g/mol. The van der Waals surface area contributed by atoms with Gasteiger partial charge < -0.3 is 9.73 Å². The molecule has 3 nitrogen and oxygen atoms in total. The number of hydrogen-bond acceptors (Lipinski definition) is 4. The molecule has 2 aromatic heterocycles. The Morgan fingerprint density at radius 1 is 1.44 bits per heavy atom. The predicted molar refractivity (Wildman–Crippen MR) is 65.7 cm³/mol. The molecule has 0 aliphatic heterocycles. The van der Waals surface area contributed by atoms with Crippen molar-refractivity contribution >= 4 is 11.3 Å². The summed E-state index contributed by atoms with van der Waals surface area (Å²) in [5.41, 5.74) is 1.17. The van der Waals surface area contributed by atoms with Crippen LogP contribution in [0.5, 0.6) is 0 Å². The Hall–Kier alpha value is -1.13. The first kappa shape index (κ1) is 11.4. The van der Waals surface area contributed by atoms with Crippen LogP contribution in [0.15, 0.2) is 22.8 Å². The van der Waals surface area contributed by atoms with Crippen LogP contribution in [0.3, 0.4) is 0 Å². The van der Waals surface area contributed by atoms with E-state index in [9.17, 15) is 0 Å². The van der Waals surface area contributed by atoms with Crippen LogP contribution in [0.25, 0.3) is 0 Å². The second-order valence-electron chi connectivity index (χ2n) is 3.75. The van der Waals surface area contributed by atoms with Crippen LogP contribution >= 0.6 is 11.3 Å². The highest BCUT2D eigenvalue weighted by Gasteiger charge is 2.04. The molecule has 1 N–H and O–H groups in total. The Balaban J connectivity index is 1.74. The Bertz CT molecular complexity index is 434. The van der Waals surface area contributed by atoms with Gasteiger partial charge in [-0.1, -0.05) is 0 Å². The summed E-state index contributed by atoms with van der Waals surface area (Å²) in [5, 5.41) is 4.51. The van der Waals surface area contributed by atoms with Gasteiger partial charge in [0.25, 0.3) is 0 Å². The molecule has 0 atom stereocenters. The molecular weight excluding hydrogens is 220 g/mol. The summed E-state index contributed by atoms with van der Waals surface area (Å²) < 4.78 is 5.24. The topological polar surface area (TPSA) is 38.1 Å². The number of rotatable bonds is 5. The second kappa shape index (κ2) is 5.27. The Morgan fingerprint density at radius 3 is 2.94 bits per heavy atom. The lowest BCUT2D eigenvalue weighted by Crippen LogP contribution is -2.16. The maximum absolute atomic E-state index is 5.24. The fraction of sp³-hybridized carbons (Fsp3) is 0.417. The van der Waals surface area contributed by atoms with Crippen LogP contribution < -0.4 is 5.32 Å². The molecule has 0 unspecified atom stereocenters. The SMILES string of the molecule is Cc1nc(C)c(CCNCc2ccco2)s1. The number of thiazole rings is 1. The molecule has 16 heavy (non-hydrogen) atoms. The Labute approximate surface area is 99.5 Å². The van der Waals surface area contributed by atoms with Crippen LogP contribution in [-0.2, 0) is 13.0 Å². The van der Waals surface area contributed by atoms with E-state index in [1.54, 1.807) is 17.6 Å². The quantitative estimate of drug-likeness (QED) is 0.811. The molecule has 2 aromatic rings. The zero-order valence-electron chi connectivity index (χ0n) is 9.62. The summed E-state index contributed by atoms with van der Waals surface area (Å²) in [7, 11) is 0. The third-order valence-electron chi connectivity index (χ3n) is 2.41. The van der Waals surface area contributed by atoms with Gasteiger partial charge in [-0.15, -0.1) is 11.3 Å². The molecule has 0 radical (unpaired) electrons. The lowest BCUT2D eigenvalue weighted by atomic mass is 10.3. The van der Waals surface area contributed by atoms with Crippen molar-refractivity contribution in [1.29, 1.82) is 0 Å². The molecule has 0 saturated carbocycles. The maximum atomic E-state index is 5.24. The van der Waals surface area contributed by atoms with Gasteiger partial charge in [-0.25, -0.2) is 4.98 Å². The molecule has 0 bridgehead atoms. The van der Waals surface area contributed by atoms with E-state index in [0.29, 0.717) is 0 Å². The summed E-state index contributed by atoms with van der Waals surface area (Å²) in [6.45, 7) is 5.88. The molecule has 0 saturated heterocycles. The summed E-state index contributed by atoms with van der Waals surface area (Å²) in [5.74, 6) is 0.984. The number of hydrogen-bond donors (Lipinski definition) is 1. The summed E-state index contributed by atoms with van der Waals surface area (Å²) >= 11 is 1.79. The minimum absolute atomic E-state index is 0.795. The van der Waals surface area contributed by atoms with Crippen LogP contribution in [0.4, 0.5) is 0 Å². The molecule has 2 heterocycles. The van der Waals surface area contributed by atoms with E-state index in [2.05, 4.69) is 24.1 Å². The minimum Gasteiger partial charge on any atom is -0.468 e. The van der Waals surface area contributed by atoms with Crippen LogP contribution in [-0.4, -0.2) is 11.5 Å². The van der Waals surface area contributed by atoms with Crippen LogP contribution in [0, 0.1) is 13.8 Å². The standard InChI is InChI=1S/C12H16N2OS/c1-9-12(16-10(2)14-9)5-6-13-8-11-4-3-7-15-11/h3-4,7,13H,5-6,8H2,1-2H3. The fourth-order valence-electron chi connectivity index (χ4n) is 1.63. The van der Waals surface area contributed by atoms with E-state index in [-0.39, 0.29) is 0 Å². The molecule has 0 aromatic carbocycles. The lowest BCUT2D eigenvalue weighted by Gasteiger charge is -2.01. The maximum Gasteiger partial charge on any atom is 0.117 e. The van der Waals surface area contributed by atoms with Gasteiger partial charge >= 0.3 is 0 Å². The van der Waals surface area contributed by atoms with E-state index in [1.165, 1.54) is 10.6 Å². The fourth-order valence-corrected chi connectivity index (χ4v) is 2.57. The van der Waals surface area contributed by atoms with Crippen molar-refractivity contribution in [3.05, 3.63) is 39.7 Å². The van der Waals surface area contributed by atoms with E-state index < -0.39 is 0 Å². The first-order valence-electron chi connectivity index (χ1n) is 5.41.